The van der Waals surface area contributed by atoms with Crippen molar-refractivity contribution in [2.24, 2.45) is 0 Å². The van der Waals surface area contributed by atoms with E-state index in [-0.39, 0.29) is 21.9 Å². The van der Waals surface area contributed by atoms with Crippen molar-refractivity contribution >= 4 is 27.5 Å². The van der Waals surface area contributed by atoms with Gasteiger partial charge in [0.1, 0.15) is 11.9 Å². The highest BCUT2D eigenvalue weighted by Crippen LogP contribution is 2.33. The van der Waals surface area contributed by atoms with Gasteiger partial charge in [0, 0.05) is 10.0 Å². The molecule has 0 heterocycles. The molecule has 0 spiro atoms. The molecule has 0 amide bonds. The summed E-state index contributed by atoms with van der Waals surface area (Å²) in [5, 5.41) is 10.0. The van der Waals surface area contributed by atoms with Crippen LogP contribution >= 0.6 is 27.5 Å². The van der Waals surface area contributed by atoms with Gasteiger partial charge in [-0.15, -0.1) is 0 Å². The van der Waals surface area contributed by atoms with Crippen molar-refractivity contribution in [1.82, 2.24) is 0 Å². The van der Waals surface area contributed by atoms with Crippen LogP contribution in [0.1, 0.15) is 17.2 Å². The molecule has 2 aromatic carbocycles. The van der Waals surface area contributed by atoms with Gasteiger partial charge >= 0.3 is 0 Å². The first-order chi connectivity index (χ1) is 9.45. The van der Waals surface area contributed by atoms with Gasteiger partial charge < -0.3 is 9.84 Å². The van der Waals surface area contributed by atoms with Crippen LogP contribution in [0.5, 0.6) is 5.75 Å². The number of halogens is 4. The zero-order valence-corrected chi connectivity index (χ0v) is 12.7. The zero-order valence-electron chi connectivity index (χ0n) is 10.3. The molecular weight excluding hydrogens is 354 g/mol. The monoisotopic (exact) mass is 362 g/mol. The third-order valence-corrected chi connectivity index (χ3v) is 4.11. The van der Waals surface area contributed by atoms with Gasteiger partial charge in [0.2, 0.25) is 0 Å². The molecule has 1 atom stereocenters. The first kappa shape index (κ1) is 15.2. The number of ether oxygens (including phenoxy) is 1. The van der Waals surface area contributed by atoms with E-state index >= 15 is 0 Å². The van der Waals surface area contributed by atoms with Gasteiger partial charge in [-0.25, -0.2) is 8.78 Å². The molecule has 2 nitrogen and oxygen atoms in total. The molecule has 0 saturated heterocycles. The summed E-state index contributed by atoms with van der Waals surface area (Å²) in [6.07, 6.45) is -1.32. The van der Waals surface area contributed by atoms with E-state index < -0.39 is 17.7 Å². The van der Waals surface area contributed by atoms with Crippen molar-refractivity contribution in [1.29, 1.82) is 0 Å². The van der Waals surface area contributed by atoms with Gasteiger partial charge in [-0.3, -0.25) is 0 Å². The molecule has 6 heteroatoms. The van der Waals surface area contributed by atoms with Crippen molar-refractivity contribution in [3.05, 3.63) is 62.6 Å². The molecule has 0 aliphatic carbocycles. The Bertz CT molecular complexity index is 649. The van der Waals surface area contributed by atoms with Crippen LogP contribution in [-0.4, -0.2) is 12.2 Å². The van der Waals surface area contributed by atoms with E-state index in [9.17, 15) is 13.9 Å². The number of aliphatic hydroxyl groups excluding tert-OH is 1. The lowest BCUT2D eigenvalue weighted by Crippen LogP contribution is -2.04. The first-order valence-electron chi connectivity index (χ1n) is 5.60. The van der Waals surface area contributed by atoms with Crippen LogP contribution in [0.2, 0.25) is 5.02 Å². The third kappa shape index (κ3) is 2.80. The molecule has 0 aliphatic rings. The molecular formula is C14H10BrClF2O2. The molecule has 1 unspecified atom stereocenters. The summed E-state index contributed by atoms with van der Waals surface area (Å²) in [6.45, 7) is 0. The van der Waals surface area contributed by atoms with Gasteiger partial charge in [0.05, 0.1) is 12.1 Å². The lowest BCUT2D eigenvalue weighted by Gasteiger charge is -2.14. The molecule has 0 aliphatic heterocycles. The maximum Gasteiger partial charge on any atom is 0.165 e. The zero-order chi connectivity index (χ0) is 14.9. The predicted molar refractivity (Wildman–Crippen MR) is 76.1 cm³/mol. The minimum absolute atomic E-state index is 0.0252. The molecule has 20 heavy (non-hydrogen) atoms. The largest absolute Gasteiger partial charge is 0.494 e. The Balaban J connectivity index is 2.44. The predicted octanol–water partition coefficient (Wildman–Crippen LogP) is 4.47. The number of aliphatic hydroxyl groups is 1. The van der Waals surface area contributed by atoms with E-state index in [0.717, 1.165) is 6.07 Å². The van der Waals surface area contributed by atoms with Gasteiger partial charge in [-0.05, 0) is 39.7 Å². The van der Waals surface area contributed by atoms with Crippen molar-refractivity contribution in [3.63, 3.8) is 0 Å². The van der Waals surface area contributed by atoms with Gasteiger partial charge in [-0.1, -0.05) is 23.7 Å². The fourth-order valence-electron chi connectivity index (χ4n) is 1.78. The van der Waals surface area contributed by atoms with E-state index in [1.165, 1.54) is 31.4 Å². The molecule has 0 fully saturated rings. The second kappa shape index (κ2) is 6.08. The fourth-order valence-corrected chi connectivity index (χ4v) is 2.26. The smallest absolute Gasteiger partial charge is 0.165 e. The SMILES string of the molecule is COc1ccc(C(O)c2ccc(Br)c(Cl)c2F)cc1F. The summed E-state index contributed by atoms with van der Waals surface area (Å²) >= 11 is 8.85. The Morgan fingerprint density at radius 3 is 2.55 bits per heavy atom. The quantitative estimate of drug-likeness (QED) is 0.815. The average molecular weight is 364 g/mol. The van der Waals surface area contributed by atoms with Crippen molar-refractivity contribution in [2.75, 3.05) is 7.11 Å². The third-order valence-electron chi connectivity index (χ3n) is 2.85. The van der Waals surface area contributed by atoms with Crippen LogP contribution in [0, 0.1) is 11.6 Å². The summed E-state index contributed by atoms with van der Waals surface area (Å²) in [5.74, 6) is -1.33. The van der Waals surface area contributed by atoms with Crippen LogP contribution in [0.15, 0.2) is 34.8 Å². The lowest BCUT2D eigenvalue weighted by atomic mass is 10.0. The Labute approximate surface area is 128 Å². The minimum Gasteiger partial charge on any atom is -0.494 e. The van der Waals surface area contributed by atoms with Crippen LogP contribution < -0.4 is 4.74 Å². The van der Waals surface area contributed by atoms with E-state index in [1.54, 1.807) is 0 Å². The maximum atomic E-state index is 14.0. The average Bonchev–Trinajstić information content (AvgIpc) is 2.44. The second-order valence-corrected chi connectivity index (χ2v) is 5.29. The summed E-state index contributed by atoms with van der Waals surface area (Å²) in [6, 6.07) is 6.83. The molecule has 1 N–H and O–H groups in total. The molecule has 0 bridgehead atoms. The Hall–Kier alpha value is -1.17. The van der Waals surface area contributed by atoms with E-state index in [0.29, 0.717) is 4.47 Å². The number of benzene rings is 2. The topological polar surface area (TPSA) is 29.5 Å². The highest BCUT2D eigenvalue weighted by atomic mass is 79.9. The van der Waals surface area contributed by atoms with Gasteiger partial charge in [0.15, 0.2) is 11.6 Å². The van der Waals surface area contributed by atoms with E-state index in [1.807, 2.05) is 0 Å². The fraction of sp³-hybridized carbons (Fsp3) is 0.143. The van der Waals surface area contributed by atoms with Crippen LogP contribution in [-0.2, 0) is 0 Å². The molecule has 106 valence electrons. The summed E-state index contributed by atoms with van der Waals surface area (Å²) in [5.41, 5.74) is 0.184. The first-order valence-corrected chi connectivity index (χ1v) is 6.77. The van der Waals surface area contributed by atoms with Crippen LogP contribution in [0.25, 0.3) is 0 Å². The second-order valence-electron chi connectivity index (χ2n) is 4.06. The Kier molecular flexibility index (Phi) is 4.62. The van der Waals surface area contributed by atoms with Crippen molar-refractivity contribution < 1.29 is 18.6 Å². The maximum absolute atomic E-state index is 14.0. The standard InChI is InChI=1S/C14H10BrClF2O2/c1-20-11-5-2-7(6-10(11)17)14(19)8-3-4-9(15)12(16)13(8)18/h2-6,14,19H,1H3. The summed E-state index contributed by atoms with van der Waals surface area (Å²) < 4.78 is 32.8. The van der Waals surface area contributed by atoms with Crippen LogP contribution in [0.3, 0.4) is 0 Å². The summed E-state index contributed by atoms with van der Waals surface area (Å²) in [4.78, 5) is 0. The lowest BCUT2D eigenvalue weighted by molar-refractivity contribution is 0.214. The Morgan fingerprint density at radius 1 is 1.25 bits per heavy atom. The van der Waals surface area contributed by atoms with Crippen molar-refractivity contribution in [3.8, 4) is 5.75 Å². The normalized spacial score (nSPS) is 12.3. The molecule has 0 radical (unpaired) electrons. The highest BCUT2D eigenvalue weighted by Gasteiger charge is 2.19. The molecule has 0 saturated carbocycles. The van der Waals surface area contributed by atoms with E-state index in [4.69, 9.17) is 16.3 Å². The molecule has 0 aromatic heterocycles. The van der Waals surface area contributed by atoms with Crippen molar-refractivity contribution in [2.45, 2.75) is 6.10 Å². The van der Waals surface area contributed by atoms with Gasteiger partial charge in [0.25, 0.3) is 0 Å². The number of rotatable bonds is 3. The van der Waals surface area contributed by atoms with Gasteiger partial charge in [-0.2, -0.15) is 0 Å². The highest BCUT2D eigenvalue weighted by molar-refractivity contribution is 9.10. The minimum atomic E-state index is -1.32. The number of hydrogen-bond donors (Lipinski definition) is 1. The molecule has 2 aromatic rings. The number of methoxy groups -OCH3 is 1. The molecule has 2 rings (SSSR count). The van der Waals surface area contributed by atoms with E-state index in [2.05, 4.69) is 15.9 Å². The Morgan fingerprint density at radius 2 is 1.95 bits per heavy atom. The van der Waals surface area contributed by atoms with Crippen LogP contribution in [0.4, 0.5) is 8.78 Å². The summed E-state index contributed by atoms with van der Waals surface area (Å²) in [7, 11) is 1.34. The number of hydrogen-bond acceptors (Lipinski definition) is 2.